The molecule has 0 aliphatic rings. The van der Waals surface area contributed by atoms with Gasteiger partial charge in [0.25, 0.3) is 0 Å². The fraction of sp³-hybridized carbons (Fsp3) is 0.222. The minimum Gasteiger partial charge on any atom is -0.465 e. The molecule has 0 heterocycles. The number of benzene rings is 2. The number of amides is 2. The molecule has 0 spiro atoms. The molecule has 0 saturated heterocycles. The minimum atomic E-state index is -3.53. The smallest absolute Gasteiger partial charge is 0.405 e. The van der Waals surface area contributed by atoms with Crippen molar-refractivity contribution >= 4 is 27.5 Å². The summed E-state index contributed by atoms with van der Waals surface area (Å²) in [5, 5.41) is 21.9. The first kappa shape index (κ1) is 21.3. The van der Waals surface area contributed by atoms with Gasteiger partial charge in [0.2, 0.25) is 5.91 Å². The minimum absolute atomic E-state index is 0.0415. The molecule has 8 nitrogen and oxygen atoms in total. The van der Waals surface area contributed by atoms with E-state index in [1.54, 1.807) is 12.1 Å². The number of nitrogens with one attached hydrogen (secondary N) is 2. The monoisotopic (exact) mass is 410 g/mol. The van der Waals surface area contributed by atoms with E-state index < -0.39 is 40.3 Å². The number of aliphatic hydroxyl groups excluding tert-OH is 1. The van der Waals surface area contributed by atoms with Crippen LogP contribution in [-0.4, -0.2) is 49.5 Å². The molecule has 0 saturated carbocycles. The molecule has 2 aromatic carbocycles. The second kappa shape index (κ2) is 8.81. The van der Waals surface area contributed by atoms with Crippen molar-refractivity contribution in [1.82, 2.24) is 5.32 Å². The van der Waals surface area contributed by atoms with Crippen molar-refractivity contribution in [2.45, 2.75) is 17.4 Å². The van der Waals surface area contributed by atoms with Gasteiger partial charge in [0.1, 0.15) is 11.9 Å². The van der Waals surface area contributed by atoms with Crippen LogP contribution in [0.4, 0.5) is 14.9 Å². The predicted octanol–water partition coefficient (Wildman–Crippen LogP) is 1.85. The van der Waals surface area contributed by atoms with E-state index in [4.69, 9.17) is 10.2 Å². The number of sulfone groups is 1. The zero-order valence-electron chi connectivity index (χ0n) is 14.8. The summed E-state index contributed by atoms with van der Waals surface area (Å²) >= 11 is 0. The van der Waals surface area contributed by atoms with E-state index >= 15 is 0 Å². The average Bonchev–Trinajstić information content (AvgIpc) is 2.62. The summed E-state index contributed by atoms with van der Waals surface area (Å²) in [6, 6.07) is 8.63. The average molecular weight is 410 g/mol. The highest BCUT2D eigenvalue weighted by Gasteiger charge is 2.21. The lowest BCUT2D eigenvalue weighted by molar-refractivity contribution is -0.118. The lowest BCUT2D eigenvalue weighted by Crippen LogP contribution is -2.43. The summed E-state index contributed by atoms with van der Waals surface area (Å²) in [6.45, 7) is -0.442. The fourth-order valence-electron chi connectivity index (χ4n) is 2.58. The maximum Gasteiger partial charge on any atom is 0.405 e. The SMILES string of the molecule is CS(=O)(=O)c1ccccc1-c1ccc(NC(=O)C(CCO)NC(=O)O)c(F)c1. The summed E-state index contributed by atoms with van der Waals surface area (Å²) < 4.78 is 38.3. The molecule has 0 bridgehead atoms. The molecular formula is C18H19FN2O6S. The zero-order valence-corrected chi connectivity index (χ0v) is 15.7. The number of aliphatic hydroxyl groups is 1. The van der Waals surface area contributed by atoms with Gasteiger partial charge in [-0.1, -0.05) is 24.3 Å². The number of carboxylic acid groups (broad SMARTS) is 1. The lowest BCUT2D eigenvalue weighted by Gasteiger charge is -2.16. The van der Waals surface area contributed by atoms with Gasteiger partial charge in [-0.05, 0) is 30.2 Å². The summed E-state index contributed by atoms with van der Waals surface area (Å²) in [6.07, 6.45) is -0.589. The number of carbonyl (C=O) groups is 2. The van der Waals surface area contributed by atoms with Crippen LogP contribution in [0, 0.1) is 5.82 Å². The van der Waals surface area contributed by atoms with E-state index in [-0.39, 0.29) is 17.0 Å². The molecule has 0 radical (unpaired) electrons. The highest BCUT2D eigenvalue weighted by molar-refractivity contribution is 7.90. The van der Waals surface area contributed by atoms with Crippen molar-refractivity contribution in [2.24, 2.45) is 0 Å². The molecule has 2 aromatic rings. The maximum atomic E-state index is 14.5. The highest BCUT2D eigenvalue weighted by Crippen LogP contribution is 2.29. The second-order valence-electron chi connectivity index (χ2n) is 5.97. The Bertz CT molecular complexity index is 993. The van der Waals surface area contributed by atoms with Crippen LogP contribution >= 0.6 is 0 Å². The number of hydrogen-bond acceptors (Lipinski definition) is 5. The third-order valence-corrected chi connectivity index (χ3v) is 5.01. The van der Waals surface area contributed by atoms with E-state index in [2.05, 4.69) is 5.32 Å². The van der Waals surface area contributed by atoms with Crippen LogP contribution in [0.15, 0.2) is 47.4 Å². The van der Waals surface area contributed by atoms with Crippen LogP contribution in [0.1, 0.15) is 6.42 Å². The third-order valence-electron chi connectivity index (χ3n) is 3.86. The molecule has 28 heavy (non-hydrogen) atoms. The number of hydrogen-bond donors (Lipinski definition) is 4. The zero-order chi connectivity index (χ0) is 20.9. The molecule has 0 aromatic heterocycles. The Kier molecular flexibility index (Phi) is 6.71. The predicted molar refractivity (Wildman–Crippen MR) is 100 cm³/mol. The van der Waals surface area contributed by atoms with Crippen molar-refractivity contribution in [1.29, 1.82) is 0 Å². The summed E-state index contributed by atoms with van der Waals surface area (Å²) in [5.74, 6) is -1.66. The van der Waals surface area contributed by atoms with E-state index in [1.807, 2.05) is 5.32 Å². The number of carbonyl (C=O) groups excluding carboxylic acids is 1. The van der Waals surface area contributed by atoms with Gasteiger partial charge in [0.15, 0.2) is 9.84 Å². The van der Waals surface area contributed by atoms with Crippen molar-refractivity contribution in [2.75, 3.05) is 18.2 Å². The molecular weight excluding hydrogens is 391 g/mol. The van der Waals surface area contributed by atoms with Crippen molar-refractivity contribution in [3.63, 3.8) is 0 Å². The topological polar surface area (TPSA) is 133 Å². The summed E-state index contributed by atoms with van der Waals surface area (Å²) in [7, 11) is -3.53. The van der Waals surface area contributed by atoms with Gasteiger partial charge in [-0.2, -0.15) is 0 Å². The molecule has 1 unspecified atom stereocenters. The van der Waals surface area contributed by atoms with Gasteiger partial charge in [-0.25, -0.2) is 17.6 Å². The lowest BCUT2D eigenvalue weighted by atomic mass is 10.0. The van der Waals surface area contributed by atoms with Crippen molar-refractivity contribution < 1.29 is 32.6 Å². The van der Waals surface area contributed by atoms with Gasteiger partial charge in [0.05, 0.1) is 10.6 Å². The van der Waals surface area contributed by atoms with Gasteiger partial charge in [-0.3, -0.25) is 4.79 Å². The van der Waals surface area contributed by atoms with Crippen LogP contribution in [0.25, 0.3) is 11.1 Å². The first-order valence-corrected chi connectivity index (χ1v) is 10.0. The first-order chi connectivity index (χ1) is 13.1. The Morgan fingerprint density at radius 2 is 1.86 bits per heavy atom. The van der Waals surface area contributed by atoms with Crippen LogP contribution in [-0.2, 0) is 14.6 Å². The molecule has 0 fully saturated rings. The van der Waals surface area contributed by atoms with Crippen molar-refractivity contribution in [3.05, 3.63) is 48.3 Å². The molecule has 4 N–H and O–H groups in total. The number of halogens is 1. The Morgan fingerprint density at radius 3 is 2.43 bits per heavy atom. The van der Waals surface area contributed by atoms with Crippen molar-refractivity contribution in [3.8, 4) is 11.1 Å². The van der Waals surface area contributed by atoms with Gasteiger partial charge < -0.3 is 20.8 Å². The van der Waals surface area contributed by atoms with E-state index in [1.165, 1.54) is 24.3 Å². The molecule has 10 heteroatoms. The standard InChI is InChI=1S/C18H19FN2O6S/c1-28(26,27)16-5-3-2-4-12(16)11-6-7-14(13(19)10-11)20-17(23)15(8-9-22)21-18(24)25/h2-7,10,15,21-22H,8-9H2,1H3,(H,20,23)(H,24,25). The molecule has 2 rings (SSSR count). The molecule has 0 aliphatic carbocycles. The van der Waals surface area contributed by atoms with Crippen LogP contribution in [0.2, 0.25) is 0 Å². The summed E-state index contributed by atoms with van der Waals surface area (Å²) in [4.78, 5) is 22.9. The first-order valence-electron chi connectivity index (χ1n) is 8.13. The summed E-state index contributed by atoms with van der Waals surface area (Å²) in [5.41, 5.74) is 0.403. The molecule has 150 valence electrons. The van der Waals surface area contributed by atoms with Gasteiger partial charge in [-0.15, -0.1) is 0 Å². The maximum absolute atomic E-state index is 14.5. The molecule has 1 atom stereocenters. The van der Waals surface area contributed by atoms with Crippen LogP contribution < -0.4 is 10.6 Å². The Hall–Kier alpha value is -2.98. The Balaban J connectivity index is 2.31. The molecule has 2 amide bonds. The quantitative estimate of drug-likeness (QED) is 0.551. The van der Waals surface area contributed by atoms with E-state index in [0.29, 0.717) is 11.1 Å². The third kappa shape index (κ3) is 5.27. The van der Waals surface area contributed by atoms with E-state index in [9.17, 15) is 22.4 Å². The normalized spacial score (nSPS) is 12.2. The Morgan fingerprint density at radius 1 is 1.18 bits per heavy atom. The number of rotatable bonds is 7. The largest absolute Gasteiger partial charge is 0.465 e. The van der Waals surface area contributed by atoms with Crippen LogP contribution in [0.3, 0.4) is 0 Å². The van der Waals surface area contributed by atoms with Gasteiger partial charge in [0, 0.05) is 18.4 Å². The van der Waals surface area contributed by atoms with Crippen LogP contribution in [0.5, 0.6) is 0 Å². The highest BCUT2D eigenvalue weighted by atomic mass is 32.2. The van der Waals surface area contributed by atoms with Gasteiger partial charge >= 0.3 is 6.09 Å². The second-order valence-corrected chi connectivity index (χ2v) is 7.95. The fourth-order valence-corrected chi connectivity index (χ4v) is 3.49. The Labute approximate surface area is 160 Å². The number of anilines is 1. The molecule has 0 aliphatic heterocycles. The van der Waals surface area contributed by atoms with E-state index in [0.717, 1.165) is 12.3 Å².